The molecule has 0 fully saturated rings. The number of nitro benzene ring substituents is 1. The largest absolute Gasteiger partial charge is 0.490 e. The van der Waals surface area contributed by atoms with E-state index in [1.807, 2.05) is 0 Å². The molecular weight excluding hydrogens is 402 g/mol. The molecule has 2 aromatic rings. The smallest absolute Gasteiger partial charge is 0.321 e. The highest BCUT2D eigenvalue weighted by atomic mass is 32.2. The van der Waals surface area contributed by atoms with Crippen molar-refractivity contribution in [2.24, 2.45) is 4.99 Å². The Bertz CT molecular complexity index is 1100. The molecule has 2 aromatic carbocycles. The van der Waals surface area contributed by atoms with Gasteiger partial charge in [-0.05, 0) is 30.2 Å². The van der Waals surface area contributed by atoms with Crippen molar-refractivity contribution in [3.05, 3.63) is 58.1 Å². The highest BCUT2D eigenvalue weighted by Gasteiger charge is 2.31. The molecule has 1 heterocycles. The maximum absolute atomic E-state index is 12.7. The molecule has 0 radical (unpaired) electrons. The van der Waals surface area contributed by atoms with Gasteiger partial charge in [0.1, 0.15) is 6.04 Å². The van der Waals surface area contributed by atoms with Crippen LogP contribution in [0.1, 0.15) is 17.9 Å². The number of hydrogen-bond donors (Lipinski definition) is 2. The number of aliphatic imine (C=N–C) groups is 1. The van der Waals surface area contributed by atoms with Crippen LogP contribution in [-0.4, -0.2) is 43.8 Å². The van der Waals surface area contributed by atoms with Gasteiger partial charge in [0.25, 0.3) is 0 Å². The standard InChI is InChI=1S/C18H17N3O7S/c1-28-17-7-6-12(9-16(17)21(24)25)29(26,27)20-15(18(22)23)8-11-10-19-14-5-3-2-4-13(11)14/h2-7,9-11,15,20H,8H2,1H3,(H,22,23)/t11-,15+/m0/s1. The summed E-state index contributed by atoms with van der Waals surface area (Å²) in [5, 5.41) is 20.7. The molecule has 29 heavy (non-hydrogen) atoms. The number of carboxylic acids is 1. The monoisotopic (exact) mass is 419 g/mol. The maximum Gasteiger partial charge on any atom is 0.321 e. The van der Waals surface area contributed by atoms with Crippen LogP contribution in [0.2, 0.25) is 0 Å². The van der Waals surface area contributed by atoms with E-state index < -0.39 is 37.5 Å². The Morgan fingerprint density at radius 1 is 1.34 bits per heavy atom. The number of ether oxygens (including phenoxy) is 1. The van der Waals surface area contributed by atoms with E-state index >= 15 is 0 Å². The van der Waals surface area contributed by atoms with Gasteiger partial charge in [-0.2, -0.15) is 4.72 Å². The second kappa shape index (κ2) is 7.97. The Labute approximate surface area is 166 Å². The van der Waals surface area contributed by atoms with Crippen molar-refractivity contribution >= 4 is 33.6 Å². The molecule has 2 N–H and O–H groups in total. The molecule has 3 rings (SSSR count). The van der Waals surface area contributed by atoms with E-state index in [-0.39, 0.29) is 18.1 Å². The summed E-state index contributed by atoms with van der Waals surface area (Å²) in [6.45, 7) is 0. The lowest BCUT2D eigenvalue weighted by Crippen LogP contribution is -2.41. The molecule has 0 spiro atoms. The van der Waals surface area contributed by atoms with Crippen LogP contribution in [0.5, 0.6) is 5.75 Å². The van der Waals surface area contributed by atoms with E-state index in [0.29, 0.717) is 5.69 Å². The van der Waals surface area contributed by atoms with Crippen LogP contribution in [0.25, 0.3) is 0 Å². The molecule has 1 aliphatic rings. The lowest BCUT2D eigenvalue weighted by Gasteiger charge is -2.18. The highest BCUT2D eigenvalue weighted by Crippen LogP contribution is 2.35. The van der Waals surface area contributed by atoms with Crippen molar-refractivity contribution in [2.75, 3.05) is 7.11 Å². The average molecular weight is 419 g/mol. The molecule has 152 valence electrons. The number of sulfonamides is 1. The molecular formula is C18H17N3O7S. The first-order chi connectivity index (χ1) is 13.7. The van der Waals surface area contributed by atoms with E-state index in [9.17, 15) is 28.4 Å². The molecule has 0 saturated carbocycles. The van der Waals surface area contributed by atoms with Crippen LogP contribution in [0.4, 0.5) is 11.4 Å². The number of carboxylic acid groups (broad SMARTS) is 1. The van der Waals surface area contributed by atoms with Crippen LogP contribution in [0, 0.1) is 10.1 Å². The summed E-state index contributed by atoms with van der Waals surface area (Å²) in [4.78, 5) is 25.8. The van der Waals surface area contributed by atoms with Crippen molar-refractivity contribution in [3.8, 4) is 5.75 Å². The van der Waals surface area contributed by atoms with Gasteiger partial charge in [-0.1, -0.05) is 18.2 Å². The Balaban J connectivity index is 1.85. The summed E-state index contributed by atoms with van der Waals surface area (Å²) >= 11 is 0. The van der Waals surface area contributed by atoms with Gasteiger partial charge in [-0.15, -0.1) is 0 Å². The minimum absolute atomic E-state index is 0.0622. The molecule has 11 heteroatoms. The Morgan fingerprint density at radius 2 is 2.07 bits per heavy atom. The van der Waals surface area contributed by atoms with Crippen LogP contribution >= 0.6 is 0 Å². The van der Waals surface area contributed by atoms with E-state index in [0.717, 1.165) is 23.8 Å². The van der Waals surface area contributed by atoms with Crippen molar-refractivity contribution in [1.29, 1.82) is 0 Å². The number of carbonyl (C=O) groups is 1. The number of nitro groups is 1. The Hall–Kier alpha value is -3.31. The van der Waals surface area contributed by atoms with Gasteiger partial charge < -0.3 is 9.84 Å². The van der Waals surface area contributed by atoms with Crippen molar-refractivity contribution in [1.82, 2.24) is 4.72 Å². The first-order valence-electron chi connectivity index (χ1n) is 8.43. The first-order valence-corrected chi connectivity index (χ1v) is 9.92. The third-order valence-electron chi connectivity index (χ3n) is 4.47. The number of nitrogens with zero attached hydrogens (tertiary/aromatic N) is 2. The fourth-order valence-electron chi connectivity index (χ4n) is 3.05. The van der Waals surface area contributed by atoms with Gasteiger partial charge in [0, 0.05) is 18.2 Å². The van der Waals surface area contributed by atoms with Gasteiger partial charge in [0.05, 0.1) is 22.6 Å². The summed E-state index contributed by atoms with van der Waals surface area (Å²) in [5.41, 5.74) is 0.965. The number of para-hydroxylation sites is 1. The lowest BCUT2D eigenvalue weighted by molar-refractivity contribution is -0.386. The topological polar surface area (TPSA) is 148 Å². The van der Waals surface area contributed by atoms with Gasteiger partial charge in [0.2, 0.25) is 10.0 Å². The molecule has 2 atom stereocenters. The third kappa shape index (κ3) is 4.25. The molecule has 0 unspecified atom stereocenters. The summed E-state index contributed by atoms with van der Waals surface area (Å²) in [6, 6.07) is 8.79. The quantitative estimate of drug-likeness (QED) is 0.492. The summed E-state index contributed by atoms with van der Waals surface area (Å²) < 4.78 is 32.3. The fourth-order valence-corrected chi connectivity index (χ4v) is 4.27. The van der Waals surface area contributed by atoms with E-state index in [2.05, 4.69) is 9.71 Å². The predicted octanol–water partition coefficient (Wildman–Crippen LogP) is 2.22. The van der Waals surface area contributed by atoms with Crippen molar-refractivity contribution in [3.63, 3.8) is 0 Å². The minimum atomic E-state index is -4.34. The number of rotatable bonds is 8. The van der Waals surface area contributed by atoms with Crippen LogP contribution in [0.3, 0.4) is 0 Å². The first kappa shape index (κ1) is 20.4. The lowest BCUT2D eigenvalue weighted by atomic mass is 9.94. The SMILES string of the molecule is COc1ccc(S(=O)(=O)N[C@H](C[C@H]2C=Nc3ccccc32)C(=O)O)cc1[N+](=O)[O-]. The van der Waals surface area contributed by atoms with Crippen LogP contribution < -0.4 is 9.46 Å². The number of aliphatic carboxylic acids is 1. The normalized spacial score (nSPS) is 16.2. The molecule has 0 bridgehead atoms. The predicted molar refractivity (Wildman–Crippen MR) is 103 cm³/mol. The summed E-state index contributed by atoms with van der Waals surface area (Å²) in [7, 11) is -3.12. The molecule has 0 aliphatic carbocycles. The highest BCUT2D eigenvalue weighted by molar-refractivity contribution is 7.89. The molecule has 1 aliphatic heterocycles. The Kier molecular flexibility index (Phi) is 5.62. The number of hydrogen-bond acceptors (Lipinski definition) is 7. The zero-order chi connectivity index (χ0) is 21.2. The van der Waals surface area contributed by atoms with Gasteiger partial charge in [-0.25, -0.2) is 8.42 Å². The summed E-state index contributed by atoms with van der Waals surface area (Å²) in [6.07, 6.45) is 1.51. The zero-order valence-electron chi connectivity index (χ0n) is 15.2. The molecule has 0 amide bonds. The van der Waals surface area contributed by atoms with E-state index in [1.54, 1.807) is 30.5 Å². The number of benzene rings is 2. The molecule has 0 aromatic heterocycles. The second-order valence-electron chi connectivity index (χ2n) is 6.28. The number of nitrogens with one attached hydrogen (secondary N) is 1. The van der Waals surface area contributed by atoms with Gasteiger partial charge in [-0.3, -0.25) is 19.9 Å². The van der Waals surface area contributed by atoms with Crippen LogP contribution in [0.15, 0.2) is 52.4 Å². The maximum atomic E-state index is 12.7. The molecule has 10 nitrogen and oxygen atoms in total. The number of methoxy groups -OCH3 is 1. The van der Waals surface area contributed by atoms with Gasteiger partial charge in [0.15, 0.2) is 5.75 Å². The fraction of sp³-hybridized carbons (Fsp3) is 0.222. The number of fused-ring (bicyclic) bond motifs is 1. The average Bonchev–Trinajstić information content (AvgIpc) is 3.09. The van der Waals surface area contributed by atoms with Crippen molar-refractivity contribution < 1.29 is 28.0 Å². The Morgan fingerprint density at radius 3 is 2.72 bits per heavy atom. The van der Waals surface area contributed by atoms with Gasteiger partial charge >= 0.3 is 11.7 Å². The van der Waals surface area contributed by atoms with E-state index in [1.165, 1.54) is 7.11 Å². The van der Waals surface area contributed by atoms with Crippen molar-refractivity contribution in [2.45, 2.75) is 23.3 Å². The minimum Gasteiger partial charge on any atom is -0.490 e. The molecule has 0 saturated heterocycles. The second-order valence-corrected chi connectivity index (χ2v) is 8.00. The zero-order valence-corrected chi connectivity index (χ0v) is 16.0. The third-order valence-corrected chi connectivity index (χ3v) is 5.94. The van der Waals surface area contributed by atoms with Crippen LogP contribution in [-0.2, 0) is 14.8 Å². The van der Waals surface area contributed by atoms with E-state index in [4.69, 9.17) is 4.74 Å². The summed E-state index contributed by atoms with van der Waals surface area (Å²) in [5.74, 6) is -1.85.